The lowest BCUT2D eigenvalue weighted by Gasteiger charge is -2.32. The summed E-state index contributed by atoms with van der Waals surface area (Å²) in [4.78, 5) is 31.6. The summed E-state index contributed by atoms with van der Waals surface area (Å²) in [6, 6.07) is 6.83. The summed E-state index contributed by atoms with van der Waals surface area (Å²) in [6.07, 6.45) is 0. The minimum absolute atomic E-state index is 0.104. The lowest BCUT2D eigenvalue weighted by atomic mass is 10.1. The number of amides is 2. The summed E-state index contributed by atoms with van der Waals surface area (Å²) in [6.45, 7) is 7.88. The van der Waals surface area contributed by atoms with Gasteiger partial charge in [0.05, 0.1) is 11.1 Å². The normalized spacial score (nSPS) is 13.9. The largest absolute Gasteiger partial charge is 0.338 e. The minimum atomic E-state index is -0.481. The van der Waals surface area contributed by atoms with E-state index in [1.807, 2.05) is 32.6 Å². The summed E-state index contributed by atoms with van der Waals surface area (Å²) in [5.74, 6) is -0.962. The second-order valence-corrected chi connectivity index (χ2v) is 5.75. The molecule has 0 unspecified atom stereocenters. The van der Waals surface area contributed by atoms with Gasteiger partial charge in [-0.3, -0.25) is 9.59 Å². The molecule has 0 atom stereocenters. The Kier molecular flexibility index (Phi) is 4.27. The van der Waals surface area contributed by atoms with Gasteiger partial charge < -0.3 is 9.74 Å². The predicted octanol–water partition coefficient (Wildman–Crippen LogP) is 2.62. The minimum Gasteiger partial charge on any atom is -0.338 e. The lowest BCUT2D eigenvalue weighted by molar-refractivity contribution is -0.0328. The Balaban J connectivity index is 2.20. The van der Waals surface area contributed by atoms with Crippen LogP contribution in [0.2, 0.25) is 0 Å². The third kappa shape index (κ3) is 2.76. The average Bonchev–Trinajstić information content (AvgIpc) is 2.64. The highest BCUT2D eigenvalue weighted by Gasteiger charge is 2.39. The van der Waals surface area contributed by atoms with Crippen molar-refractivity contribution in [2.45, 2.75) is 39.8 Å². The number of benzene rings is 1. The van der Waals surface area contributed by atoms with E-state index in [1.54, 1.807) is 24.3 Å². The first-order chi connectivity index (χ1) is 9.84. The second kappa shape index (κ2) is 5.81. The Labute approximate surface area is 129 Å². The number of thiocarbonyl (C=S) groups is 1. The molecule has 112 valence electrons. The molecule has 0 saturated heterocycles. The van der Waals surface area contributed by atoms with E-state index in [4.69, 9.17) is 17.1 Å². The van der Waals surface area contributed by atoms with Crippen LogP contribution < -0.4 is 0 Å². The Morgan fingerprint density at radius 3 is 1.86 bits per heavy atom. The molecule has 0 aliphatic carbocycles. The van der Waals surface area contributed by atoms with Crippen LogP contribution in [0.15, 0.2) is 24.3 Å². The van der Waals surface area contributed by atoms with E-state index in [9.17, 15) is 9.59 Å². The molecule has 0 spiro atoms. The van der Waals surface area contributed by atoms with Crippen LogP contribution in [0.3, 0.4) is 0 Å². The van der Waals surface area contributed by atoms with Gasteiger partial charge in [0.1, 0.15) is 0 Å². The third-order valence-corrected chi connectivity index (χ3v) is 3.54. The van der Waals surface area contributed by atoms with Crippen LogP contribution in [0.4, 0.5) is 0 Å². The molecule has 0 fully saturated rings. The smallest absolute Gasteiger partial charge is 0.295 e. The van der Waals surface area contributed by atoms with Crippen molar-refractivity contribution < 1.29 is 14.4 Å². The van der Waals surface area contributed by atoms with Crippen molar-refractivity contribution in [1.29, 1.82) is 0 Å². The topological polar surface area (TPSA) is 49.9 Å². The fraction of sp³-hybridized carbons (Fsp3) is 0.400. The highest BCUT2D eigenvalue weighted by Crippen LogP contribution is 2.23. The molecule has 2 rings (SSSR count). The first kappa shape index (κ1) is 15.4. The molecule has 21 heavy (non-hydrogen) atoms. The molecule has 0 radical (unpaired) electrons. The molecule has 5 nitrogen and oxygen atoms in total. The molecular weight excluding hydrogens is 288 g/mol. The van der Waals surface area contributed by atoms with Gasteiger partial charge >= 0.3 is 0 Å². The van der Waals surface area contributed by atoms with Gasteiger partial charge in [-0.15, -0.1) is 0 Å². The Bertz CT molecular complexity index is 555. The van der Waals surface area contributed by atoms with Crippen LogP contribution in [0, 0.1) is 0 Å². The molecule has 2 amide bonds. The van der Waals surface area contributed by atoms with E-state index >= 15 is 0 Å². The average molecular weight is 306 g/mol. The lowest BCUT2D eigenvalue weighted by Crippen LogP contribution is -2.46. The van der Waals surface area contributed by atoms with Crippen molar-refractivity contribution in [3.63, 3.8) is 0 Å². The molecule has 1 aromatic carbocycles. The van der Waals surface area contributed by atoms with Crippen LogP contribution >= 0.6 is 12.2 Å². The molecule has 0 aromatic heterocycles. The van der Waals surface area contributed by atoms with E-state index in [0.717, 1.165) is 5.06 Å². The van der Waals surface area contributed by atoms with E-state index in [0.29, 0.717) is 11.1 Å². The molecule has 1 aliphatic heterocycles. The summed E-state index contributed by atoms with van der Waals surface area (Å²) in [7, 11) is 0. The van der Waals surface area contributed by atoms with Crippen molar-refractivity contribution in [3.05, 3.63) is 35.4 Å². The monoisotopic (exact) mass is 306 g/mol. The zero-order valence-electron chi connectivity index (χ0n) is 12.5. The van der Waals surface area contributed by atoms with Crippen LogP contribution in [0.25, 0.3) is 0 Å². The maximum atomic E-state index is 12.2. The molecular formula is C15H18N2O3S. The van der Waals surface area contributed by atoms with E-state index in [-0.39, 0.29) is 17.3 Å². The highest BCUT2D eigenvalue weighted by atomic mass is 32.1. The molecule has 1 aliphatic rings. The number of hydroxylamine groups is 2. The number of rotatable bonds is 3. The van der Waals surface area contributed by atoms with E-state index in [1.165, 1.54) is 0 Å². The molecule has 1 heterocycles. The summed E-state index contributed by atoms with van der Waals surface area (Å²) < 4.78 is 0. The van der Waals surface area contributed by atoms with Gasteiger partial charge in [0.15, 0.2) is 0 Å². The maximum absolute atomic E-state index is 12.2. The van der Waals surface area contributed by atoms with Crippen LogP contribution in [-0.2, 0) is 4.84 Å². The van der Waals surface area contributed by atoms with Crippen LogP contribution in [0.5, 0.6) is 0 Å². The Hall–Kier alpha value is -1.95. The number of carbonyl (C=O) groups is 2. The number of hydrogen-bond donors (Lipinski definition) is 0. The van der Waals surface area contributed by atoms with Gasteiger partial charge in [-0.1, -0.05) is 17.2 Å². The second-order valence-electron chi connectivity index (χ2n) is 5.40. The molecule has 0 saturated carbocycles. The Morgan fingerprint density at radius 1 is 1.05 bits per heavy atom. The van der Waals surface area contributed by atoms with Gasteiger partial charge in [0, 0.05) is 12.1 Å². The number of nitrogens with zero attached hydrogens (tertiary/aromatic N) is 2. The molecule has 0 N–H and O–H groups in total. The van der Waals surface area contributed by atoms with E-state index in [2.05, 4.69) is 0 Å². The first-order valence-electron chi connectivity index (χ1n) is 6.82. The fourth-order valence-corrected chi connectivity index (χ4v) is 2.89. The first-order valence-corrected chi connectivity index (χ1v) is 7.23. The predicted molar refractivity (Wildman–Crippen MR) is 82.7 cm³/mol. The van der Waals surface area contributed by atoms with Crippen LogP contribution in [0.1, 0.15) is 48.4 Å². The molecule has 0 bridgehead atoms. The SMILES string of the molecule is CC(C)N(C(=S)ON1C(=O)c2ccccc2C1=O)C(C)C. The molecule has 1 aromatic rings. The van der Waals surface area contributed by atoms with Crippen molar-refractivity contribution in [2.24, 2.45) is 0 Å². The maximum Gasteiger partial charge on any atom is 0.295 e. The van der Waals surface area contributed by atoms with Gasteiger partial charge in [0.25, 0.3) is 17.0 Å². The summed E-state index contributed by atoms with van der Waals surface area (Å²) in [5, 5.41) is 0.861. The zero-order valence-corrected chi connectivity index (χ0v) is 13.3. The van der Waals surface area contributed by atoms with Gasteiger partial charge in [-0.05, 0) is 52.0 Å². The number of hydrogen-bond acceptors (Lipinski definition) is 4. The van der Waals surface area contributed by atoms with Crippen molar-refractivity contribution >= 4 is 29.2 Å². The van der Waals surface area contributed by atoms with Gasteiger partial charge in [-0.25, -0.2) is 0 Å². The van der Waals surface area contributed by atoms with Gasteiger partial charge in [-0.2, -0.15) is 0 Å². The standard InChI is InChI=1S/C15H18N2O3S/c1-9(2)16(10(3)4)15(21)20-17-13(18)11-7-5-6-8-12(11)14(17)19/h5-10H,1-4H3. The third-order valence-electron chi connectivity index (χ3n) is 3.25. The quantitative estimate of drug-likeness (QED) is 0.634. The fourth-order valence-electron chi connectivity index (χ4n) is 2.39. The molecule has 6 heteroatoms. The Morgan fingerprint density at radius 2 is 1.48 bits per heavy atom. The van der Waals surface area contributed by atoms with Gasteiger partial charge in [0.2, 0.25) is 0 Å². The van der Waals surface area contributed by atoms with Crippen molar-refractivity contribution in [3.8, 4) is 0 Å². The van der Waals surface area contributed by atoms with Crippen molar-refractivity contribution in [1.82, 2.24) is 9.96 Å². The van der Waals surface area contributed by atoms with Crippen molar-refractivity contribution in [2.75, 3.05) is 0 Å². The summed E-state index contributed by atoms with van der Waals surface area (Å²) in [5.41, 5.74) is 0.678. The number of imide groups is 1. The van der Waals surface area contributed by atoms with E-state index < -0.39 is 11.8 Å². The summed E-state index contributed by atoms with van der Waals surface area (Å²) >= 11 is 5.24. The number of fused-ring (bicyclic) bond motifs is 1. The zero-order chi connectivity index (χ0) is 15.7. The number of carbonyl (C=O) groups excluding carboxylic acids is 2. The van der Waals surface area contributed by atoms with Crippen LogP contribution in [-0.4, -0.2) is 39.0 Å². The highest BCUT2D eigenvalue weighted by molar-refractivity contribution is 7.80.